The Morgan fingerprint density at radius 2 is 1.85 bits per heavy atom. The van der Waals surface area contributed by atoms with Gasteiger partial charge in [0.2, 0.25) is 0 Å². The summed E-state index contributed by atoms with van der Waals surface area (Å²) in [6.07, 6.45) is 0. The van der Waals surface area contributed by atoms with E-state index in [1.165, 1.54) is 7.11 Å². The van der Waals surface area contributed by atoms with Gasteiger partial charge in [-0.05, 0) is 24.3 Å². The number of hydrogen-bond acceptors (Lipinski definition) is 8. The zero-order valence-electron chi connectivity index (χ0n) is 18.3. The van der Waals surface area contributed by atoms with Crippen molar-refractivity contribution in [1.82, 2.24) is 10.2 Å². The molecule has 0 aromatic heterocycles. The molecule has 0 spiro atoms. The Morgan fingerprint density at radius 1 is 1.06 bits per heavy atom. The second kappa shape index (κ2) is 9.05. The summed E-state index contributed by atoms with van der Waals surface area (Å²) in [7, 11) is 1.33. The standard InChI is InChI=1S/C24H25N5O4/c1-32-24(31)15-6-7-19-17(14-15)20(23(30)27-19)22-21(16-4-2-3-5-18(16)26-22)28-33-13-12-29-10-8-25-9-11-29/h2-7,14,25-26H,8-13H2,1H3,(H,27,30)/b22-20-,28-21+. The van der Waals surface area contributed by atoms with Crippen LogP contribution in [0, 0.1) is 0 Å². The van der Waals surface area contributed by atoms with E-state index < -0.39 is 5.97 Å². The van der Waals surface area contributed by atoms with Crippen molar-refractivity contribution in [3.63, 3.8) is 0 Å². The molecule has 0 radical (unpaired) electrons. The number of benzene rings is 2. The zero-order chi connectivity index (χ0) is 22.8. The molecule has 0 saturated carbocycles. The van der Waals surface area contributed by atoms with E-state index in [-0.39, 0.29) is 5.91 Å². The predicted molar refractivity (Wildman–Crippen MR) is 125 cm³/mol. The van der Waals surface area contributed by atoms with Crippen LogP contribution in [0.25, 0.3) is 5.57 Å². The Hall–Kier alpha value is -3.69. The normalized spacial score (nSPS) is 20.8. The van der Waals surface area contributed by atoms with Gasteiger partial charge >= 0.3 is 5.97 Å². The molecule has 5 rings (SSSR count). The number of esters is 1. The third-order valence-electron chi connectivity index (χ3n) is 5.98. The Bertz CT molecular complexity index is 1170. The van der Waals surface area contributed by atoms with Crippen LogP contribution in [0.5, 0.6) is 0 Å². The second-order valence-electron chi connectivity index (χ2n) is 7.99. The van der Waals surface area contributed by atoms with Gasteiger partial charge < -0.3 is 25.5 Å². The first-order valence-corrected chi connectivity index (χ1v) is 10.9. The zero-order valence-corrected chi connectivity index (χ0v) is 18.3. The number of nitrogens with one attached hydrogen (secondary N) is 3. The van der Waals surface area contributed by atoms with Crippen LogP contribution in [0.2, 0.25) is 0 Å². The average molecular weight is 447 g/mol. The third kappa shape index (κ3) is 4.08. The van der Waals surface area contributed by atoms with E-state index in [1.54, 1.807) is 18.2 Å². The fourth-order valence-electron chi connectivity index (χ4n) is 4.28. The predicted octanol–water partition coefficient (Wildman–Crippen LogP) is 1.89. The molecule has 3 aliphatic heterocycles. The maximum atomic E-state index is 13.0. The molecule has 2 aromatic rings. The van der Waals surface area contributed by atoms with Crippen LogP contribution >= 0.6 is 0 Å². The molecule has 0 atom stereocenters. The van der Waals surface area contributed by atoms with Gasteiger partial charge in [-0.25, -0.2) is 4.79 Å². The molecule has 1 saturated heterocycles. The van der Waals surface area contributed by atoms with Gasteiger partial charge in [-0.15, -0.1) is 0 Å². The van der Waals surface area contributed by atoms with Crippen LogP contribution in [0.15, 0.2) is 53.3 Å². The summed E-state index contributed by atoms with van der Waals surface area (Å²) >= 11 is 0. The summed E-state index contributed by atoms with van der Waals surface area (Å²) in [5.74, 6) is -0.731. The van der Waals surface area contributed by atoms with Gasteiger partial charge in [-0.2, -0.15) is 0 Å². The fourth-order valence-corrected chi connectivity index (χ4v) is 4.28. The SMILES string of the molecule is COC(=O)c1ccc2c(c1)/C(=C1/Nc3ccccc3/C1=N\OCCN1CCNCC1)C(=O)N2. The molecule has 1 fully saturated rings. The van der Waals surface area contributed by atoms with Gasteiger partial charge in [-0.1, -0.05) is 23.4 Å². The van der Waals surface area contributed by atoms with E-state index in [2.05, 4.69) is 26.0 Å². The lowest BCUT2D eigenvalue weighted by Gasteiger charge is -2.26. The van der Waals surface area contributed by atoms with E-state index in [0.29, 0.717) is 40.4 Å². The number of methoxy groups -OCH3 is 1. The second-order valence-corrected chi connectivity index (χ2v) is 7.99. The van der Waals surface area contributed by atoms with Crippen molar-refractivity contribution in [1.29, 1.82) is 0 Å². The smallest absolute Gasteiger partial charge is 0.337 e. The number of anilines is 2. The summed E-state index contributed by atoms with van der Waals surface area (Å²) in [5, 5.41) is 14.0. The minimum atomic E-state index is -0.464. The molecule has 3 aliphatic rings. The number of piperazine rings is 1. The molecule has 2 aromatic carbocycles. The summed E-state index contributed by atoms with van der Waals surface area (Å²) < 4.78 is 4.84. The lowest BCUT2D eigenvalue weighted by molar-refractivity contribution is -0.110. The molecule has 9 nitrogen and oxygen atoms in total. The monoisotopic (exact) mass is 447 g/mol. The molecular weight excluding hydrogens is 422 g/mol. The number of allylic oxidation sites excluding steroid dienone is 1. The molecule has 0 aliphatic carbocycles. The highest BCUT2D eigenvalue weighted by Gasteiger charge is 2.34. The highest BCUT2D eigenvalue weighted by molar-refractivity contribution is 6.39. The first kappa shape index (κ1) is 21.2. The molecule has 170 valence electrons. The molecular formula is C24H25N5O4. The highest BCUT2D eigenvalue weighted by Crippen LogP contribution is 2.39. The molecule has 0 unspecified atom stereocenters. The minimum Gasteiger partial charge on any atom is -0.465 e. The van der Waals surface area contributed by atoms with Crippen LogP contribution in [0.1, 0.15) is 21.5 Å². The topological polar surface area (TPSA) is 104 Å². The van der Waals surface area contributed by atoms with Crippen LogP contribution in [0.4, 0.5) is 11.4 Å². The lowest BCUT2D eigenvalue weighted by atomic mass is 9.99. The maximum Gasteiger partial charge on any atom is 0.337 e. The summed E-state index contributed by atoms with van der Waals surface area (Å²) in [5.41, 5.74) is 4.84. The number of carbonyl (C=O) groups is 2. The molecule has 1 amide bonds. The van der Waals surface area contributed by atoms with Crippen LogP contribution in [0.3, 0.4) is 0 Å². The summed E-state index contributed by atoms with van der Waals surface area (Å²) in [6, 6.07) is 12.7. The van der Waals surface area contributed by atoms with Crippen molar-refractivity contribution in [3.05, 3.63) is 64.9 Å². The van der Waals surface area contributed by atoms with Gasteiger partial charge in [0, 0.05) is 55.2 Å². The number of rotatable bonds is 5. The van der Waals surface area contributed by atoms with E-state index in [0.717, 1.165) is 44.0 Å². The molecule has 9 heteroatoms. The lowest BCUT2D eigenvalue weighted by Crippen LogP contribution is -2.44. The first-order chi connectivity index (χ1) is 16.2. The van der Waals surface area contributed by atoms with Gasteiger partial charge in [0.1, 0.15) is 12.3 Å². The number of hydrogen-bond donors (Lipinski definition) is 3. The van der Waals surface area contributed by atoms with Crippen molar-refractivity contribution in [2.24, 2.45) is 5.16 Å². The molecule has 3 N–H and O–H groups in total. The van der Waals surface area contributed by atoms with Gasteiger partial charge in [0.25, 0.3) is 5.91 Å². The highest BCUT2D eigenvalue weighted by atomic mass is 16.6. The van der Waals surface area contributed by atoms with Gasteiger partial charge in [0.15, 0.2) is 0 Å². The number of nitrogens with zero attached hydrogens (tertiary/aromatic N) is 2. The number of ether oxygens (including phenoxy) is 1. The molecule has 33 heavy (non-hydrogen) atoms. The average Bonchev–Trinajstić information content (AvgIpc) is 3.37. The molecule has 0 bridgehead atoms. The number of amides is 1. The minimum absolute atomic E-state index is 0.268. The van der Waals surface area contributed by atoms with Crippen molar-refractivity contribution in [3.8, 4) is 0 Å². The van der Waals surface area contributed by atoms with E-state index >= 15 is 0 Å². The number of fused-ring (bicyclic) bond motifs is 2. The van der Waals surface area contributed by atoms with Crippen LogP contribution < -0.4 is 16.0 Å². The Kier molecular flexibility index (Phi) is 5.80. The summed E-state index contributed by atoms with van der Waals surface area (Å²) in [4.78, 5) is 33.1. The third-order valence-corrected chi connectivity index (χ3v) is 5.98. The van der Waals surface area contributed by atoms with Gasteiger partial charge in [-0.3, -0.25) is 9.69 Å². The van der Waals surface area contributed by atoms with E-state index in [9.17, 15) is 9.59 Å². The van der Waals surface area contributed by atoms with E-state index in [1.807, 2.05) is 24.3 Å². The van der Waals surface area contributed by atoms with Crippen molar-refractivity contribution < 1.29 is 19.2 Å². The first-order valence-electron chi connectivity index (χ1n) is 10.9. The number of carbonyl (C=O) groups excluding carboxylic acids is 2. The fraction of sp³-hybridized carbons (Fsp3) is 0.292. The maximum absolute atomic E-state index is 13.0. The van der Waals surface area contributed by atoms with Crippen LogP contribution in [-0.2, 0) is 14.4 Å². The number of para-hydroxylation sites is 1. The van der Waals surface area contributed by atoms with Crippen molar-refractivity contribution in [2.75, 3.05) is 57.1 Å². The Morgan fingerprint density at radius 3 is 2.67 bits per heavy atom. The molecule has 3 heterocycles. The van der Waals surface area contributed by atoms with Crippen molar-refractivity contribution in [2.45, 2.75) is 0 Å². The largest absolute Gasteiger partial charge is 0.465 e. The summed E-state index contributed by atoms with van der Waals surface area (Å²) in [6.45, 7) is 5.15. The van der Waals surface area contributed by atoms with Crippen molar-refractivity contribution >= 4 is 34.5 Å². The van der Waals surface area contributed by atoms with E-state index in [4.69, 9.17) is 9.57 Å². The quantitative estimate of drug-likeness (QED) is 0.278. The van der Waals surface area contributed by atoms with Crippen LogP contribution in [-0.4, -0.2) is 68.9 Å². The van der Waals surface area contributed by atoms with Gasteiger partial charge in [0.05, 0.1) is 23.9 Å². The number of oxime groups is 1. The Balaban J connectivity index is 1.48. The Labute approximate surface area is 191 Å².